The quantitative estimate of drug-likeness (QED) is 0.285. The second-order valence-corrected chi connectivity index (χ2v) is 5.65. The van der Waals surface area contributed by atoms with Crippen molar-refractivity contribution in [3.8, 4) is 28.0 Å². The number of phenolic OH excluding ortho intramolecular Hbond substituents is 1. The highest BCUT2D eigenvalue weighted by Gasteiger charge is 2.18. The Morgan fingerprint density at radius 3 is 2.08 bits per heavy atom. The number of benzene rings is 3. The lowest BCUT2D eigenvalue weighted by Gasteiger charge is -2.16. The molecule has 0 unspecified atom stereocenters. The van der Waals surface area contributed by atoms with E-state index >= 15 is 0 Å². The molecule has 3 aromatic rings. The molecule has 0 aliphatic carbocycles. The SMILES string of the molecule is N/C(=N\O)c1ccc(Cl)c(-c2ccc(O)cc2)c1-c1ccccc1. The number of rotatable bonds is 3. The molecule has 3 aromatic carbocycles. The molecule has 0 saturated carbocycles. The first-order valence-electron chi connectivity index (χ1n) is 7.27. The van der Waals surface area contributed by atoms with Gasteiger partial charge in [-0.3, -0.25) is 0 Å². The lowest BCUT2D eigenvalue weighted by Crippen LogP contribution is -2.15. The first-order chi connectivity index (χ1) is 11.6. The van der Waals surface area contributed by atoms with E-state index in [4.69, 9.17) is 22.5 Å². The highest BCUT2D eigenvalue weighted by molar-refractivity contribution is 6.34. The third kappa shape index (κ3) is 2.92. The van der Waals surface area contributed by atoms with E-state index in [0.717, 1.165) is 22.3 Å². The van der Waals surface area contributed by atoms with Gasteiger partial charge in [-0.2, -0.15) is 0 Å². The minimum atomic E-state index is 0.00514. The van der Waals surface area contributed by atoms with Crippen LogP contribution >= 0.6 is 11.6 Å². The Morgan fingerprint density at radius 2 is 1.46 bits per heavy atom. The predicted octanol–water partition coefficient (Wildman–Crippen LogP) is 4.47. The molecule has 0 aromatic heterocycles. The van der Waals surface area contributed by atoms with Crippen molar-refractivity contribution in [3.63, 3.8) is 0 Å². The number of nitrogens with zero attached hydrogens (tertiary/aromatic N) is 1. The molecular formula is C19H15ClN2O2. The summed E-state index contributed by atoms with van der Waals surface area (Å²) in [5, 5.41) is 22.3. The lowest BCUT2D eigenvalue weighted by atomic mass is 9.90. The highest BCUT2D eigenvalue weighted by Crippen LogP contribution is 2.40. The number of aromatic hydroxyl groups is 1. The summed E-state index contributed by atoms with van der Waals surface area (Å²) in [6, 6.07) is 19.8. The van der Waals surface area contributed by atoms with Crippen LogP contribution in [0.25, 0.3) is 22.3 Å². The van der Waals surface area contributed by atoms with Crippen molar-refractivity contribution >= 4 is 17.4 Å². The molecular weight excluding hydrogens is 324 g/mol. The lowest BCUT2D eigenvalue weighted by molar-refractivity contribution is 0.318. The molecule has 0 saturated heterocycles. The van der Waals surface area contributed by atoms with Crippen LogP contribution in [0.1, 0.15) is 5.56 Å². The summed E-state index contributed by atoms with van der Waals surface area (Å²) in [5.74, 6) is 0.175. The molecule has 4 nitrogen and oxygen atoms in total. The molecule has 0 aliphatic heterocycles. The molecule has 0 fully saturated rings. The molecule has 0 bridgehead atoms. The van der Waals surface area contributed by atoms with Gasteiger partial charge in [-0.15, -0.1) is 0 Å². The van der Waals surface area contributed by atoms with Gasteiger partial charge in [0.25, 0.3) is 0 Å². The van der Waals surface area contributed by atoms with Gasteiger partial charge in [-0.05, 0) is 35.4 Å². The standard InChI is InChI=1S/C19H15ClN2O2/c20-16-11-10-15(19(21)22-24)17(12-4-2-1-3-5-12)18(16)13-6-8-14(23)9-7-13/h1-11,23-24H,(H2,21,22). The molecule has 120 valence electrons. The monoisotopic (exact) mass is 338 g/mol. The number of halogens is 1. The van der Waals surface area contributed by atoms with Crippen LogP contribution in [0.5, 0.6) is 5.75 Å². The Hall–Kier alpha value is -2.98. The van der Waals surface area contributed by atoms with E-state index in [2.05, 4.69) is 5.16 Å². The number of amidine groups is 1. The van der Waals surface area contributed by atoms with Crippen LogP contribution in [0.15, 0.2) is 71.9 Å². The fraction of sp³-hybridized carbons (Fsp3) is 0. The molecule has 0 spiro atoms. The average molecular weight is 339 g/mol. The van der Waals surface area contributed by atoms with E-state index in [1.54, 1.807) is 36.4 Å². The summed E-state index contributed by atoms with van der Waals surface area (Å²) in [7, 11) is 0. The molecule has 0 aliphatic rings. The van der Waals surface area contributed by atoms with Gasteiger partial charge < -0.3 is 16.0 Å². The van der Waals surface area contributed by atoms with Crippen LogP contribution in [0, 0.1) is 0 Å². The zero-order valence-corrected chi connectivity index (χ0v) is 13.4. The van der Waals surface area contributed by atoms with Gasteiger partial charge in [0.15, 0.2) is 5.84 Å². The van der Waals surface area contributed by atoms with Crippen LogP contribution in [-0.4, -0.2) is 16.1 Å². The fourth-order valence-electron chi connectivity index (χ4n) is 2.66. The van der Waals surface area contributed by atoms with E-state index in [0.29, 0.717) is 10.6 Å². The summed E-state index contributed by atoms with van der Waals surface area (Å²) in [6.07, 6.45) is 0. The van der Waals surface area contributed by atoms with Crippen molar-refractivity contribution in [1.29, 1.82) is 0 Å². The number of hydrogen-bond donors (Lipinski definition) is 3. The van der Waals surface area contributed by atoms with Crippen molar-refractivity contribution in [3.05, 3.63) is 77.3 Å². The van der Waals surface area contributed by atoms with Crippen LogP contribution < -0.4 is 5.73 Å². The summed E-state index contributed by atoms with van der Waals surface area (Å²) >= 11 is 6.47. The molecule has 0 radical (unpaired) electrons. The smallest absolute Gasteiger partial charge is 0.170 e. The first kappa shape index (κ1) is 15.9. The molecule has 5 heteroatoms. The van der Waals surface area contributed by atoms with Gasteiger partial charge in [0.1, 0.15) is 5.75 Å². The Labute approximate surface area is 144 Å². The first-order valence-corrected chi connectivity index (χ1v) is 7.65. The summed E-state index contributed by atoms with van der Waals surface area (Å²) in [4.78, 5) is 0. The van der Waals surface area contributed by atoms with E-state index in [-0.39, 0.29) is 11.6 Å². The number of phenols is 1. The van der Waals surface area contributed by atoms with Gasteiger partial charge in [0, 0.05) is 21.7 Å². The molecule has 0 atom stereocenters. The van der Waals surface area contributed by atoms with Crippen molar-refractivity contribution in [2.45, 2.75) is 0 Å². The van der Waals surface area contributed by atoms with Gasteiger partial charge in [-0.25, -0.2) is 0 Å². The maximum Gasteiger partial charge on any atom is 0.170 e. The molecule has 0 heterocycles. The van der Waals surface area contributed by atoms with Crippen LogP contribution in [0.2, 0.25) is 5.02 Å². The molecule has 24 heavy (non-hydrogen) atoms. The van der Waals surface area contributed by atoms with Crippen LogP contribution in [0.4, 0.5) is 0 Å². The van der Waals surface area contributed by atoms with Gasteiger partial charge in [-0.1, -0.05) is 59.2 Å². The number of oxime groups is 1. The second kappa shape index (κ2) is 6.64. The summed E-state index contributed by atoms with van der Waals surface area (Å²) < 4.78 is 0. The van der Waals surface area contributed by atoms with E-state index in [1.165, 1.54) is 0 Å². The van der Waals surface area contributed by atoms with Gasteiger partial charge in [0.05, 0.1) is 0 Å². The average Bonchev–Trinajstić information content (AvgIpc) is 2.62. The van der Waals surface area contributed by atoms with E-state index in [1.807, 2.05) is 30.3 Å². The predicted molar refractivity (Wildman–Crippen MR) is 96.5 cm³/mol. The summed E-state index contributed by atoms with van der Waals surface area (Å²) in [5.41, 5.74) is 9.69. The Balaban J connectivity index is 2.37. The molecule has 3 rings (SSSR count). The van der Waals surface area contributed by atoms with E-state index in [9.17, 15) is 5.11 Å². The van der Waals surface area contributed by atoms with Crippen molar-refractivity contribution in [2.24, 2.45) is 10.9 Å². The largest absolute Gasteiger partial charge is 0.508 e. The molecule has 0 amide bonds. The summed E-state index contributed by atoms with van der Waals surface area (Å²) in [6.45, 7) is 0. The third-order valence-electron chi connectivity index (χ3n) is 3.76. The minimum absolute atomic E-state index is 0.00514. The van der Waals surface area contributed by atoms with Gasteiger partial charge >= 0.3 is 0 Å². The Morgan fingerprint density at radius 1 is 0.833 bits per heavy atom. The maximum absolute atomic E-state index is 9.53. The zero-order chi connectivity index (χ0) is 17.1. The normalized spacial score (nSPS) is 11.5. The maximum atomic E-state index is 9.53. The van der Waals surface area contributed by atoms with E-state index < -0.39 is 0 Å². The van der Waals surface area contributed by atoms with Crippen LogP contribution in [0.3, 0.4) is 0 Å². The second-order valence-electron chi connectivity index (χ2n) is 5.24. The number of nitrogens with two attached hydrogens (primary N) is 1. The molecule has 4 N–H and O–H groups in total. The topological polar surface area (TPSA) is 78.8 Å². The number of hydrogen-bond acceptors (Lipinski definition) is 3. The van der Waals surface area contributed by atoms with Crippen molar-refractivity contribution in [2.75, 3.05) is 0 Å². The Kier molecular flexibility index (Phi) is 4.40. The van der Waals surface area contributed by atoms with Crippen molar-refractivity contribution < 1.29 is 10.3 Å². The van der Waals surface area contributed by atoms with Crippen LogP contribution in [-0.2, 0) is 0 Å². The third-order valence-corrected chi connectivity index (χ3v) is 4.07. The highest BCUT2D eigenvalue weighted by atomic mass is 35.5. The van der Waals surface area contributed by atoms with Gasteiger partial charge in [0.2, 0.25) is 0 Å². The minimum Gasteiger partial charge on any atom is -0.508 e. The zero-order valence-electron chi connectivity index (χ0n) is 12.6. The van der Waals surface area contributed by atoms with Crippen molar-refractivity contribution in [1.82, 2.24) is 0 Å². The Bertz CT molecular complexity index is 891. The fourth-order valence-corrected chi connectivity index (χ4v) is 2.93.